The van der Waals surface area contributed by atoms with Gasteiger partial charge in [0.05, 0.1) is 12.2 Å². The normalized spacial score (nSPS) is 10.6. The van der Waals surface area contributed by atoms with Crippen molar-refractivity contribution in [2.45, 2.75) is 13.3 Å². The zero-order chi connectivity index (χ0) is 11.8. The van der Waals surface area contributed by atoms with Crippen molar-refractivity contribution in [3.8, 4) is 0 Å². The van der Waals surface area contributed by atoms with E-state index in [1.165, 1.54) is 0 Å². The SMILES string of the molecule is CCc1ccccc1C(=O)OCC=CCO. The van der Waals surface area contributed by atoms with Gasteiger partial charge in [0.1, 0.15) is 6.61 Å². The Balaban J connectivity index is 2.62. The smallest absolute Gasteiger partial charge is 0.338 e. The molecule has 1 N–H and O–H groups in total. The lowest BCUT2D eigenvalue weighted by Crippen LogP contribution is -2.08. The Bertz CT molecular complexity index is 369. The summed E-state index contributed by atoms with van der Waals surface area (Å²) in [6, 6.07) is 7.40. The maximum absolute atomic E-state index is 11.7. The van der Waals surface area contributed by atoms with Gasteiger partial charge in [-0.2, -0.15) is 0 Å². The number of aliphatic hydroxyl groups is 1. The predicted molar refractivity (Wildman–Crippen MR) is 62.3 cm³/mol. The molecule has 0 bridgehead atoms. The van der Waals surface area contributed by atoms with E-state index in [1.54, 1.807) is 18.2 Å². The van der Waals surface area contributed by atoms with Crippen LogP contribution in [-0.2, 0) is 11.2 Å². The Morgan fingerprint density at radius 1 is 1.38 bits per heavy atom. The van der Waals surface area contributed by atoms with Crippen LogP contribution in [0.5, 0.6) is 0 Å². The maximum atomic E-state index is 11.7. The van der Waals surface area contributed by atoms with Gasteiger partial charge in [-0.15, -0.1) is 0 Å². The van der Waals surface area contributed by atoms with Gasteiger partial charge in [0.25, 0.3) is 0 Å². The zero-order valence-corrected chi connectivity index (χ0v) is 9.35. The maximum Gasteiger partial charge on any atom is 0.338 e. The molecule has 0 unspecified atom stereocenters. The monoisotopic (exact) mass is 220 g/mol. The molecule has 86 valence electrons. The number of hydrogen-bond donors (Lipinski definition) is 1. The summed E-state index contributed by atoms with van der Waals surface area (Å²) >= 11 is 0. The number of carbonyl (C=O) groups is 1. The van der Waals surface area contributed by atoms with E-state index >= 15 is 0 Å². The van der Waals surface area contributed by atoms with Crippen LogP contribution in [0, 0.1) is 0 Å². The van der Waals surface area contributed by atoms with Crippen molar-refractivity contribution >= 4 is 5.97 Å². The molecule has 0 saturated carbocycles. The highest BCUT2D eigenvalue weighted by Crippen LogP contribution is 2.10. The minimum Gasteiger partial charge on any atom is -0.458 e. The molecule has 0 fully saturated rings. The molecule has 0 aromatic heterocycles. The van der Waals surface area contributed by atoms with Gasteiger partial charge < -0.3 is 9.84 Å². The molecule has 1 aromatic rings. The Kier molecular flexibility index (Phi) is 5.29. The van der Waals surface area contributed by atoms with E-state index in [0.29, 0.717) is 5.56 Å². The average Bonchev–Trinajstić information content (AvgIpc) is 2.34. The zero-order valence-electron chi connectivity index (χ0n) is 9.35. The minimum absolute atomic E-state index is 0.0386. The third-order valence-corrected chi connectivity index (χ3v) is 2.20. The van der Waals surface area contributed by atoms with Crippen molar-refractivity contribution < 1.29 is 14.6 Å². The van der Waals surface area contributed by atoms with Gasteiger partial charge in [0.2, 0.25) is 0 Å². The fourth-order valence-electron chi connectivity index (χ4n) is 1.37. The van der Waals surface area contributed by atoms with E-state index in [9.17, 15) is 4.79 Å². The first-order valence-electron chi connectivity index (χ1n) is 5.30. The first-order valence-corrected chi connectivity index (χ1v) is 5.30. The van der Waals surface area contributed by atoms with Crippen LogP contribution in [0.4, 0.5) is 0 Å². The number of carbonyl (C=O) groups excluding carboxylic acids is 1. The Morgan fingerprint density at radius 2 is 2.12 bits per heavy atom. The van der Waals surface area contributed by atoms with Gasteiger partial charge in [-0.05, 0) is 24.1 Å². The number of hydrogen-bond acceptors (Lipinski definition) is 3. The molecule has 0 heterocycles. The van der Waals surface area contributed by atoms with Crippen molar-refractivity contribution in [3.63, 3.8) is 0 Å². The van der Waals surface area contributed by atoms with Gasteiger partial charge >= 0.3 is 5.97 Å². The summed E-state index contributed by atoms with van der Waals surface area (Å²) in [6.45, 7) is 2.15. The lowest BCUT2D eigenvalue weighted by atomic mass is 10.1. The molecule has 16 heavy (non-hydrogen) atoms. The second-order valence-corrected chi connectivity index (χ2v) is 3.26. The van der Waals surface area contributed by atoms with Gasteiger partial charge in [-0.3, -0.25) is 0 Å². The minimum atomic E-state index is -0.319. The van der Waals surface area contributed by atoms with Crippen LogP contribution < -0.4 is 0 Å². The second-order valence-electron chi connectivity index (χ2n) is 3.26. The van der Waals surface area contributed by atoms with Crippen LogP contribution in [0.3, 0.4) is 0 Å². The van der Waals surface area contributed by atoms with Crippen LogP contribution in [0.2, 0.25) is 0 Å². The Labute approximate surface area is 95.4 Å². The first kappa shape index (κ1) is 12.5. The number of rotatable bonds is 5. The molecule has 3 heteroatoms. The topological polar surface area (TPSA) is 46.5 Å². The quantitative estimate of drug-likeness (QED) is 0.609. The molecule has 1 rings (SSSR count). The molecular formula is C13H16O3. The Morgan fingerprint density at radius 3 is 2.81 bits per heavy atom. The summed E-state index contributed by atoms with van der Waals surface area (Å²) < 4.78 is 5.04. The summed E-state index contributed by atoms with van der Waals surface area (Å²) in [5, 5.41) is 8.50. The number of benzene rings is 1. The highest BCUT2D eigenvalue weighted by molar-refractivity contribution is 5.91. The van der Waals surface area contributed by atoms with Crippen molar-refractivity contribution in [1.29, 1.82) is 0 Å². The highest BCUT2D eigenvalue weighted by Gasteiger charge is 2.09. The summed E-state index contributed by atoms with van der Waals surface area (Å²) in [4.78, 5) is 11.7. The van der Waals surface area contributed by atoms with E-state index < -0.39 is 0 Å². The third kappa shape index (κ3) is 3.51. The highest BCUT2D eigenvalue weighted by atomic mass is 16.5. The van der Waals surface area contributed by atoms with Crippen LogP contribution in [0.1, 0.15) is 22.8 Å². The molecule has 0 aliphatic carbocycles. The summed E-state index contributed by atoms with van der Waals surface area (Å²) in [6.07, 6.45) is 3.96. The lowest BCUT2D eigenvalue weighted by molar-refractivity contribution is 0.0547. The number of ether oxygens (including phenoxy) is 1. The lowest BCUT2D eigenvalue weighted by Gasteiger charge is -2.06. The molecule has 0 amide bonds. The van der Waals surface area contributed by atoms with Crippen LogP contribution in [-0.4, -0.2) is 24.3 Å². The van der Waals surface area contributed by atoms with Crippen LogP contribution in [0.25, 0.3) is 0 Å². The van der Waals surface area contributed by atoms with E-state index in [0.717, 1.165) is 12.0 Å². The van der Waals surface area contributed by atoms with Crippen molar-refractivity contribution in [2.75, 3.05) is 13.2 Å². The van der Waals surface area contributed by atoms with Gasteiger partial charge in [-0.25, -0.2) is 4.79 Å². The van der Waals surface area contributed by atoms with Gasteiger partial charge in [0, 0.05) is 0 Å². The van der Waals surface area contributed by atoms with Crippen LogP contribution in [0.15, 0.2) is 36.4 Å². The molecule has 0 saturated heterocycles. The standard InChI is InChI=1S/C13H16O3/c1-2-11-7-3-4-8-12(11)13(15)16-10-6-5-9-14/h3-8,14H,2,9-10H2,1H3. The van der Waals surface area contributed by atoms with E-state index in [-0.39, 0.29) is 19.2 Å². The van der Waals surface area contributed by atoms with Gasteiger partial charge in [-0.1, -0.05) is 31.2 Å². The van der Waals surface area contributed by atoms with E-state index in [2.05, 4.69) is 0 Å². The summed E-state index contributed by atoms with van der Waals surface area (Å²) in [7, 11) is 0. The molecule has 1 aromatic carbocycles. The fraction of sp³-hybridized carbons (Fsp3) is 0.308. The van der Waals surface area contributed by atoms with Crippen molar-refractivity contribution in [2.24, 2.45) is 0 Å². The average molecular weight is 220 g/mol. The van der Waals surface area contributed by atoms with Gasteiger partial charge in [0.15, 0.2) is 0 Å². The summed E-state index contributed by atoms with van der Waals surface area (Å²) in [5.41, 5.74) is 1.60. The summed E-state index contributed by atoms with van der Waals surface area (Å²) in [5.74, 6) is -0.319. The van der Waals surface area contributed by atoms with Crippen molar-refractivity contribution in [3.05, 3.63) is 47.5 Å². The molecule has 0 aliphatic heterocycles. The molecule has 0 aliphatic rings. The third-order valence-electron chi connectivity index (χ3n) is 2.20. The predicted octanol–water partition coefficient (Wildman–Crippen LogP) is 1.95. The number of aryl methyl sites for hydroxylation is 1. The van der Waals surface area contributed by atoms with E-state index in [4.69, 9.17) is 9.84 Å². The molecule has 0 radical (unpaired) electrons. The molecule has 3 nitrogen and oxygen atoms in total. The second kappa shape index (κ2) is 6.80. The molecule has 0 spiro atoms. The molecule has 0 atom stereocenters. The fourth-order valence-corrected chi connectivity index (χ4v) is 1.37. The number of aliphatic hydroxyl groups excluding tert-OH is 1. The molecular weight excluding hydrogens is 204 g/mol. The number of esters is 1. The van der Waals surface area contributed by atoms with Crippen LogP contribution >= 0.6 is 0 Å². The van der Waals surface area contributed by atoms with Crippen molar-refractivity contribution in [1.82, 2.24) is 0 Å². The largest absolute Gasteiger partial charge is 0.458 e. The van der Waals surface area contributed by atoms with E-state index in [1.807, 2.05) is 25.1 Å². The Hall–Kier alpha value is -1.61. The first-order chi connectivity index (χ1) is 7.79.